The molecule has 1 unspecified atom stereocenters. The number of ketones is 1. The number of imide groups is 1. The number of nitrogens with one attached hydrogen (secondary N) is 1. The van der Waals surface area contributed by atoms with Gasteiger partial charge < -0.3 is 9.88 Å². The highest BCUT2D eigenvalue weighted by molar-refractivity contribution is 6.30. The molecule has 0 bridgehead atoms. The second kappa shape index (κ2) is 11.9. The van der Waals surface area contributed by atoms with Crippen molar-refractivity contribution in [1.29, 1.82) is 0 Å². The van der Waals surface area contributed by atoms with Crippen LogP contribution in [-0.2, 0) is 20.9 Å². The lowest BCUT2D eigenvalue weighted by Crippen LogP contribution is -2.42. The number of rotatable bonds is 10. The lowest BCUT2D eigenvalue weighted by molar-refractivity contribution is -0.123. The highest BCUT2D eigenvalue weighted by Gasteiger charge is 2.22. The summed E-state index contributed by atoms with van der Waals surface area (Å²) in [5, 5.41) is 3.16. The zero-order chi connectivity index (χ0) is 25.4. The van der Waals surface area contributed by atoms with Crippen LogP contribution in [-0.4, -0.2) is 57.2 Å². The van der Waals surface area contributed by atoms with Crippen molar-refractivity contribution in [2.24, 2.45) is 0 Å². The summed E-state index contributed by atoms with van der Waals surface area (Å²) in [6.45, 7) is 8.11. The van der Waals surface area contributed by atoms with Crippen molar-refractivity contribution in [3.05, 3.63) is 59.7 Å². The molecule has 0 aromatic carbocycles. The van der Waals surface area contributed by atoms with Crippen molar-refractivity contribution >= 4 is 47.4 Å². The molecule has 0 saturated heterocycles. The van der Waals surface area contributed by atoms with Crippen LogP contribution in [0, 0.1) is 6.92 Å². The van der Waals surface area contributed by atoms with Gasteiger partial charge in [-0.05, 0) is 32.1 Å². The molecule has 2 rings (SSSR count). The molecule has 0 fully saturated rings. The van der Waals surface area contributed by atoms with Gasteiger partial charge in [0.25, 0.3) is 0 Å². The largest absolute Gasteiger partial charge is 0.332 e. The molecule has 4 amide bonds. The van der Waals surface area contributed by atoms with E-state index in [2.05, 4.69) is 21.9 Å². The van der Waals surface area contributed by atoms with Crippen LogP contribution in [0.4, 0.5) is 16.4 Å². The minimum atomic E-state index is -0.707. The molecule has 0 aliphatic rings. The lowest BCUT2D eigenvalue weighted by Gasteiger charge is -2.20. The number of urea groups is 1. The quantitative estimate of drug-likeness (QED) is 0.407. The zero-order valence-corrected chi connectivity index (χ0v) is 20.2. The minimum absolute atomic E-state index is 0.0344. The Morgan fingerprint density at radius 1 is 1.29 bits per heavy atom. The van der Waals surface area contributed by atoms with Crippen LogP contribution >= 0.6 is 11.6 Å². The number of hydrogen-bond donors (Lipinski definition) is 1. The number of carbonyl (C=O) groups is 4. The standard InChI is InChI=1S/C23H27ClN6O4/c1-15(9-10-16(2)24)19-7-6-8-20(26-19)27-22(33)13-29-12-21(25-18(29)4)28(5)23(34)30(14-31)11-17(3)32/h6-10,12,14-15H,2,11,13H2,1,3-5H3,(H,26,27,33)/b10-9-. The van der Waals surface area contributed by atoms with Crippen LogP contribution in [0.5, 0.6) is 0 Å². The van der Waals surface area contributed by atoms with Gasteiger partial charge in [0.05, 0.1) is 6.54 Å². The van der Waals surface area contributed by atoms with Crippen molar-refractivity contribution in [3.8, 4) is 0 Å². The highest BCUT2D eigenvalue weighted by atomic mass is 35.5. The summed E-state index contributed by atoms with van der Waals surface area (Å²) >= 11 is 5.76. The number of aromatic nitrogens is 3. The first-order chi connectivity index (χ1) is 16.0. The van der Waals surface area contributed by atoms with Crippen LogP contribution in [0.25, 0.3) is 0 Å². The van der Waals surface area contributed by atoms with Gasteiger partial charge in [0.2, 0.25) is 12.3 Å². The number of imidazole rings is 1. The first-order valence-corrected chi connectivity index (χ1v) is 10.7. The molecule has 2 aromatic heterocycles. The van der Waals surface area contributed by atoms with E-state index >= 15 is 0 Å². The summed E-state index contributed by atoms with van der Waals surface area (Å²) in [7, 11) is 1.43. The molecule has 180 valence electrons. The number of allylic oxidation sites excluding steroid dienone is 3. The van der Waals surface area contributed by atoms with Crippen molar-refractivity contribution in [3.63, 3.8) is 0 Å². The van der Waals surface area contributed by atoms with Crippen LogP contribution in [0.3, 0.4) is 0 Å². The minimum Gasteiger partial charge on any atom is -0.323 e. The Kier molecular flexibility index (Phi) is 9.26. The van der Waals surface area contributed by atoms with Gasteiger partial charge >= 0.3 is 6.03 Å². The molecule has 0 aliphatic heterocycles. The van der Waals surface area contributed by atoms with E-state index in [9.17, 15) is 19.2 Å². The van der Waals surface area contributed by atoms with Gasteiger partial charge in [-0.3, -0.25) is 24.2 Å². The fourth-order valence-corrected chi connectivity index (χ4v) is 3.03. The summed E-state index contributed by atoms with van der Waals surface area (Å²) in [5.41, 5.74) is 0.749. The molecule has 2 aromatic rings. The number of hydrogen-bond acceptors (Lipinski definition) is 6. The van der Waals surface area contributed by atoms with E-state index in [4.69, 9.17) is 11.6 Å². The van der Waals surface area contributed by atoms with E-state index in [1.54, 1.807) is 29.7 Å². The fourth-order valence-electron chi connectivity index (χ4n) is 2.95. The second-order valence-corrected chi connectivity index (χ2v) is 8.13. The first-order valence-electron chi connectivity index (χ1n) is 10.3. The molecule has 0 saturated carbocycles. The Hall–Kier alpha value is -3.79. The average Bonchev–Trinajstić information content (AvgIpc) is 3.14. The third-order valence-electron chi connectivity index (χ3n) is 4.74. The topological polar surface area (TPSA) is 118 Å². The molecule has 2 heterocycles. The Bertz CT molecular complexity index is 1130. The van der Waals surface area contributed by atoms with Crippen LogP contribution in [0.2, 0.25) is 0 Å². The maximum Gasteiger partial charge on any atom is 0.332 e. The second-order valence-electron chi connectivity index (χ2n) is 7.64. The molecule has 0 spiro atoms. The van der Waals surface area contributed by atoms with Gasteiger partial charge in [0.1, 0.15) is 24.0 Å². The average molecular weight is 487 g/mol. The zero-order valence-electron chi connectivity index (χ0n) is 19.5. The monoisotopic (exact) mass is 486 g/mol. The molecule has 10 nitrogen and oxygen atoms in total. The molecule has 1 atom stereocenters. The number of Topliss-reactive ketones (excluding diaryl/α,β-unsaturated/α-hetero) is 1. The molecule has 0 aliphatic carbocycles. The number of aryl methyl sites for hydroxylation is 1. The SMILES string of the molecule is C=C(Cl)/C=C\C(C)c1cccc(NC(=O)Cn2cc(N(C)C(=O)N(C=O)CC(C)=O)nc2C)n1. The van der Waals surface area contributed by atoms with Crippen molar-refractivity contribution in [2.45, 2.75) is 33.2 Å². The molecule has 11 heteroatoms. The highest BCUT2D eigenvalue weighted by Crippen LogP contribution is 2.18. The van der Waals surface area contributed by atoms with E-state index < -0.39 is 6.03 Å². The summed E-state index contributed by atoms with van der Waals surface area (Å²) in [6.07, 6.45) is 5.36. The first kappa shape index (κ1) is 26.5. The van der Waals surface area contributed by atoms with E-state index in [1.165, 1.54) is 20.2 Å². The van der Waals surface area contributed by atoms with Gasteiger partial charge in [-0.2, -0.15) is 0 Å². The lowest BCUT2D eigenvalue weighted by atomic mass is 10.1. The number of halogens is 1. The van der Waals surface area contributed by atoms with Gasteiger partial charge in [0, 0.05) is 29.9 Å². The van der Waals surface area contributed by atoms with Crippen molar-refractivity contribution < 1.29 is 19.2 Å². The fraction of sp³-hybridized carbons (Fsp3) is 0.304. The van der Waals surface area contributed by atoms with Gasteiger partial charge in [-0.25, -0.2) is 14.8 Å². The molecule has 34 heavy (non-hydrogen) atoms. The molecular weight excluding hydrogens is 460 g/mol. The third-order valence-corrected chi connectivity index (χ3v) is 4.87. The Morgan fingerprint density at radius 2 is 2.00 bits per heavy atom. The summed E-state index contributed by atoms with van der Waals surface area (Å²) in [6, 6.07) is 4.61. The van der Waals surface area contributed by atoms with E-state index in [0.717, 1.165) is 15.5 Å². The van der Waals surface area contributed by atoms with E-state index in [0.29, 0.717) is 23.1 Å². The van der Waals surface area contributed by atoms with Gasteiger partial charge in [0.15, 0.2) is 5.82 Å². The Labute approximate surface area is 202 Å². The van der Waals surface area contributed by atoms with Crippen LogP contribution in [0.1, 0.15) is 31.3 Å². The number of amides is 4. The smallest absolute Gasteiger partial charge is 0.323 e. The van der Waals surface area contributed by atoms with E-state index in [-0.39, 0.29) is 36.5 Å². The van der Waals surface area contributed by atoms with Gasteiger partial charge in [-0.1, -0.05) is 37.2 Å². The van der Waals surface area contributed by atoms with Crippen molar-refractivity contribution in [1.82, 2.24) is 19.4 Å². The molecule has 1 N–H and O–H groups in total. The maximum absolute atomic E-state index is 12.6. The summed E-state index contributed by atoms with van der Waals surface area (Å²) in [4.78, 5) is 58.2. The summed E-state index contributed by atoms with van der Waals surface area (Å²) in [5.74, 6) is 0.397. The molecule has 0 radical (unpaired) electrons. The maximum atomic E-state index is 12.6. The van der Waals surface area contributed by atoms with Crippen molar-refractivity contribution in [2.75, 3.05) is 23.8 Å². The predicted molar refractivity (Wildman–Crippen MR) is 130 cm³/mol. The third kappa shape index (κ3) is 7.38. The normalized spacial score (nSPS) is 11.7. The Balaban J connectivity index is 2.08. The van der Waals surface area contributed by atoms with E-state index in [1.807, 2.05) is 19.1 Å². The predicted octanol–water partition coefficient (Wildman–Crippen LogP) is 3.24. The van der Waals surface area contributed by atoms with Crippen LogP contribution in [0.15, 0.2) is 48.2 Å². The number of carbonyl (C=O) groups excluding carboxylic acids is 4. The number of nitrogens with zero attached hydrogens (tertiary/aromatic N) is 5. The van der Waals surface area contributed by atoms with Gasteiger partial charge in [-0.15, -0.1) is 0 Å². The number of pyridine rings is 1. The number of anilines is 2. The molecular formula is C23H27ClN6O4. The van der Waals surface area contributed by atoms with Crippen LogP contribution < -0.4 is 10.2 Å². The summed E-state index contributed by atoms with van der Waals surface area (Å²) < 4.78 is 1.56. The Morgan fingerprint density at radius 3 is 2.62 bits per heavy atom.